The zero-order chi connectivity index (χ0) is 36.8. The summed E-state index contributed by atoms with van der Waals surface area (Å²) in [7, 11) is 0.948. The summed E-state index contributed by atoms with van der Waals surface area (Å²) >= 11 is 0. The van der Waals surface area contributed by atoms with E-state index < -0.39 is 0 Å². The molecule has 2 aliphatic carbocycles. The zero-order valence-electron chi connectivity index (χ0n) is 34.1. The summed E-state index contributed by atoms with van der Waals surface area (Å²) in [5.74, 6) is 1.12. The van der Waals surface area contributed by atoms with Gasteiger partial charge in [0, 0.05) is 47.6 Å². The number of benzene rings is 4. The van der Waals surface area contributed by atoms with Gasteiger partial charge in [-0.1, -0.05) is 199 Å². The second-order valence-corrected chi connectivity index (χ2v) is 17.4. The average Bonchev–Trinajstić information content (AvgIpc) is 3.74. The van der Waals surface area contributed by atoms with E-state index >= 15 is 0 Å². The minimum Gasteiger partial charge on any atom is -0.0654 e. The smallest absolute Gasteiger partial charge is 0.0397 e. The fraction of sp³-hybridized carbons (Fsp3) is 0.462. The van der Waals surface area contributed by atoms with Gasteiger partial charge in [-0.3, -0.25) is 0 Å². The summed E-state index contributed by atoms with van der Waals surface area (Å²) in [6.45, 7) is 9.23. The van der Waals surface area contributed by atoms with E-state index in [9.17, 15) is 0 Å². The van der Waals surface area contributed by atoms with Crippen molar-refractivity contribution in [3.8, 4) is 22.3 Å². The van der Waals surface area contributed by atoms with Crippen LogP contribution in [0.5, 0.6) is 0 Å². The van der Waals surface area contributed by atoms with E-state index in [0.717, 1.165) is 9.52 Å². The predicted octanol–water partition coefficient (Wildman–Crippen LogP) is 15.8. The maximum absolute atomic E-state index is 2.63. The summed E-state index contributed by atoms with van der Waals surface area (Å²) < 4.78 is 0. The van der Waals surface area contributed by atoms with Crippen molar-refractivity contribution in [2.24, 2.45) is 0 Å². The minimum absolute atomic E-state index is 0. The van der Waals surface area contributed by atoms with Crippen LogP contribution in [0.2, 0.25) is 12.1 Å². The van der Waals surface area contributed by atoms with E-state index in [1.807, 2.05) is 0 Å². The number of hydrogen-bond donors (Lipinski definition) is 0. The Kier molecular flexibility index (Phi) is 17.6. The van der Waals surface area contributed by atoms with Crippen LogP contribution < -0.4 is 0 Å². The number of hydrogen-bond acceptors (Lipinski definition) is 0. The van der Waals surface area contributed by atoms with Crippen LogP contribution in [0.1, 0.15) is 163 Å². The van der Waals surface area contributed by atoms with Gasteiger partial charge in [0.15, 0.2) is 0 Å². The molecular formula is C52H66SiZr. The average molecular weight is 810 g/mol. The summed E-state index contributed by atoms with van der Waals surface area (Å²) in [6.07, 6.45) is 25.8. The van der Waals surface area contributed by atoms with Crippen molar-refractivity contribution in [2.45, 2.75) is 154 Å². The topological polar surface area (TPSA) is 0 Å². The Hall–Kier alpha value is -2.54. The summed E-state index contributed by atoms with van der Waals surface area (Å²) in [5.41, 5.74) is 18.1. The third-order valence-corrected chi connectivity index (χ3v) is 13.5. The Morgan fingerprint density at radius 1 is 0.426 bits per heavy atom. The van der Waals surface area contributed by atoms with Crippen LogP contribution in [-0.2, 0) is 39.0 Å². The molecule has 0 spiro atoms. The van der Waals surface area contributed by atoms with Gasteiger partial charge in [-0.2, -0.15) is 0 Å². The summed E-state index contributed by atoms with van der Waals surface area (Å²) in [5, 5.41) is 0. The quantitative estimate of drug-likeness (QED) is 0.0548. The normalized spacial score (nSPS) is 15.8. The number of allylic oxidation sites excluding steroid dienone is 2. The van der Waals surface area contributed by atoms with Gasteiger partial charge in [0.25, 0.3) is 0 Å². The molecule has 0 amide bonds. The first-order valence-electron chi connectivity index (χ1n) is 21.7. The molecule has 2 aliphatic rings. The number of rotatable bonds is 22. The van der Waals surface area contributed by atoms with Gasteiger partial charge in [-0.05, 0) is 107 Å². The van der Waals surface area contributed by atoms with Gasteiger partial charge in [0.05, 0.1) is 0 Å². The van der Waals surface area contributed by atoms with Gasteiger partial charge < -0.3 is 0 Å². The summed E-state index contributed by atoms with van der Waals surface area (Å²) in [6, 6.07) is 35.9. The standard InChI is InChI=1S/C52H66Si.Zr/c1-5-9-13-15-21-43-35-49-45(41-31-27-39(28-32-41)19-11-7-3)23-17-25-47(49)51(43)37-53-38-52-44(22-16-14-10-6-2)36-50-46(24-18-26-48(50)52)42-33-29-40(30-34-42)20-12-8-4;/h17-18,23-36,51-52H,5-16,19-22,37-38H2,1-4H3;. The van der Waals surface area contributed by atoms with Crippen molar-refractivity contribution < 1.29 is 26.2 Å². The molecule has 0 bridgehead atoms. The van der Waals surface area contributed by atoms with Crippen molar-refractivity contribution in [3.63, 3.8) is 0 Å². The fourth-order valence-electron chi connectivity index (χ4n) is 8.89. The van der Waals surface area contributed by atoms with Crippen LogP contribution in [0.25, 0.3) is 34.4 Å². The van der Waals surface area contributed by atoms with Crippen molar-refractivity contribution in [2.75, 3.05) is 0 Å². The monoisotopic (exact) mass is 808 g/mol. The van der Waals surface area contributed by atoms with Crippen LogP contribution in [0, 0.1) is 0 Å². The molecule has 0 saturated heterocycles. The Labute approximate surface area is 351 Å². The molecule has 2 unspecified atom stereocenters. The Morgan fingerprint density at radius 2 is 0.833 bits per heavy atom. The zero-order valence-corrected chi connectivity index (χ0v) is 37.6. The van der Waals surface area contributed by atoms with Gasteiger partial charge in [-0.15, -0.1) is 0 Å². The second kappa shape index (κ2) is 22.3. The van der Waals surface area contributed by atoms with E-state index in [2.05, 4.69) is 125 Å². The van der Waals surface area contributed by atoms with Crippen LogP contribution in [0.15, 0.2) is 96.1 Å². The number of fused-ring (bicyclic) bond motifs is 2. The second-order valence-electron chi connectivity index (χ2n) is 16.0. The first-order chi connectivity index (χ1) is 26.1. The molecule has 4 aromatic rings. The van der Waals surface area contributed by atoms with Gasteiger partial charge in [0.1, 0.15) is 0 Å². The largest absolute Gasteiger partial charge is 0.0654 e. The number of unbranched alkanes of at least 4 members (excludes halogenated alkanes) is 8. The molecule has 2 radical (unpaired) electrons. The molecule has 0 nitrogen and oxygen atoms in total. The molecule has 2 atom stereocenters. The minimum atomic E-state index is 0. The van der Waals surface area contributed by atoms with Gasteiger partial charge in [0.2, 0.25) is 0 Å². The molecule has 54 heavy (non-hydrogen) atoms. The van der Waals surface area contributed by atoms with Crippen molar-refractivity contribution in [1.29, 1.82) is 0 Å². The molecular weight excluding hydrogens is 744 g/mol. The van der Waals surface area contributed by atoms with E-state index in [1.54, 1.807) is 22.3 Å². The maximum Gasteiger partial charge on any atom is 0.0397 e. The van der Waals surface area contributed by atoms with Crippen molar-refractivity contribution in [3.05, 3.63) is 129 Å². The molecule has 4 aromatic carbocycles. The third-order valence-electron chi connectivity index (χ3n) is 12.1. The van der Waals surface area contributed by atoms with E-state index in [-0.39, 0.29) is 26.2 Å². The van der Waals surface area contributed by atoms with Crippen LogP contribution in [0.4, 0.5) is 0 Å². The summed E-state index contributed by atoms with van der Waals surface area (Å²) in [4.78, 5) is 0. The number of aryl methyl sites for hydroxylation is 2. The van der Waals surface area contributed by atoms with Crippen molar-refractivity contribution >= 4 is 21.7 Å². The van der Waals surface area contributed by atoms with E-state index in [1.165, 1.54) is 159 Å². The molecule has 0 saturated carbocycles. The molecule has 2 heteroatoms. The third kappa shape index (κ3) is 10.9. The van der Waals surface area contributed by atoms with Crippen molar-refractivity contribution in [1.82, 2.24) is 0 Å². The van der Waals surface area contributed by atoms with Gasteiger partial charge in [-0.25, -0.2) is 0 Å². The maximum atomic E-state index is 2.63. The molecule has 0 heterocycles. The molecule has 0 fully saturated rings. The predicted molar refractivity (Wildman–Crippen MR) is 235 cm³/mol. The van der Waals surface area contributed by atoms with Crippen LogP contribution in [0.3, 0.4) is 0 Å². The first-order valence-corrected chi connectivity index (χ1v) is 23.1. The molecule has 0 aromatic heterocycles. The Bertz CT molecular complexity index is 1660. The SMILES string of the molecule is CCCCCCC1=Cc2c(-c3ccc(CCCC)cc3)cccc2C1C[Si]CC1C(CCCCCC)=Cc2c(-c3ccc(CCCC)cc3)cccc21.[Zr]. The van der Waals surface area contributed by atoms with Crippen LogP contribution in [-0.4, -0.2) is 9.52 Å². The first kappa shape index (κ1) is 42.6. The Morgan fingerprint density at radius 3 is 1.22 bits per heavy atom. The van der Waals surface area contributed by atoms with E-state index in [0.29, 0.717) is 11.8 Å². The van der Waals surface area contributed by atoms with E-state index in [4.69, 9.17) is 0 Å². The molecule has 0 N–H and O–H groups in total. The molecule has 282 valence electrons. The molecule has 0 aliphatic heterocycles. The van der Waals surface area contributed by atoms with Crippen LogP contribution >= 0.6 is 0 Å². The van der Waals surface area contributed by atoms with Gasteiger partial charge >= 0.3 is 0 Å². The Balaban J connectivity index is 0.00000561. The fourth-order valence-corrected chi connectivity index (χ4v) is 10.6. The molecule has 6 rings (SSSR count).